The number of hydrogen-bond acceptors (Lipinski definition) is 37. The highest BCUT2D eigenvalue weighted by molar-refractivity contribution is 7.52. The van der Waals surface area contributed by atoms with Crippen LogP contribution in [0, 0.1) is 29.7 Å². The third kappa shape index (κ3) is 23.4. The summed E-state index contributed by atoms with van der Waals surface area (Å²) in [6, 6.07) is 15.0. The number of carbonyl (C=O) groups is 2. The van der Waals surface area contributed by atoms with Crippen molar-refractivity contribution in [1.82, 2.24) is 98.4 Å². The normalized spacial score (nSPS) is 28.8. The Labute approximate surface area is 778 Å². The van der Waals surface area contributed by atoms with E-state index in [0.717, 1.165) is 0 Å². The number of nitrogens with zero attached hydrogens (tertiary/aromatic N) is 18. The number of amides is 2. The van der Waals surface area contributed by atoms with Crippen molar-refractivity contribution in [2.24, 2.45) is 23.3 Å². The van der Waals surface area contributed by atoms with Crippen LogP contribution < -0.4 is 63.7 Å². The van der Waals surface area contributed by atoms with E-state index in [2.05, 4.69) is 128 Å². The van der Waals surface area contributed by atoms with Crippen LogP contribution in [0.15, 0.2) is 111 Å². The first kappa shape index (κ1) is 108. The number of nitrogen functional groups attached to an aromatic ring is 2. The second-order valence-electron chi connectivity index (χ2n) is 33.8. The number of fused-ring (bicyclic) bond motifs is 8. The molecular formula is C80H122N28O20P4Si2-2. The number of nitriles is 1. The van der Waals surface area contributed by atoms with Gasteiger partial charge in [-0.05, 0) is 74.6 Å². The molecule has 134 heavy (non-hydrogen) atoms. The minimum atomic E-state index is -4.92. The van der Waals surface area contributed by atoms with Gasteiger partial charge in [0.1, 0.15) is 92.0 Å². The van der Waals surface area contributed by atoms with Gasteiger partial charge in [-0.25, -0.2) is 90.8 Å². The average molecular weight is 1980 g/mol. The molecule has 2 aromatic carbocycles. The van der Waals surface area contributed by atoms with Crippen LogP contribution in [0.5, 0.6) is 0 Å². The average Bonchev–Trinajstić information content (AvgIpc) is 1.60. The highest BCUT2D eigenvalue weighted by atomic mass is 31.2. The monoisotopic (exact) mass is 1970 g/mol. The number of imidazole rings is 4. The zero-order valence-corrected chi connectivity index (χ0v) is 79.2. The van der Waals surface area contributed by atoms with Gasteiger partial charge < -0.3 is 85.0 Å². The van der Waals surface area contributed by atoms with Gasteiger partial charge in [0.25, 0.3) is 11.8 Å². The van der Waals surface area contributed by atoms with Crippen LogP contribution in [0.3, 0.4) is 0 Å². The predicted octanol–water partition coefficient (Wildman–Crippen LogP) is 9.28. The SMILES string of the molecule is C.C.C.C.CN.CN.C[C@@H]1[C@@H]2NP(=O)([O-])OC[C@H]3O[C@@H](n4cnc5c(N)ncnc54)[C@H](O[Si](C)(C)C(C)(C)C)[C@@H]3NP(=O)([O-])OC[C@H]2O[C@H]1n1cnc2c(N)ncnc21.[C-]#[N+]CCOP1(=O)N[C@H]2[C@@H](C)[C@H](n3cnc4c(NC(=O)c5ccccc5)ncnc43)O[C@@H]2COP(=O)(OCCC#N)N[C@H]2[C@@H](O[Si](C)(C)C(C)(C)C)[C@H](n3cnc4c(NC(=O)c5ccccc5)ncnc43)O[C@@H]2CO1. The molecule has 0 radical (unpaired) electrons. The van der Waals surface area contributed by atoms with Crippen LogP contribution in [-0.2, 0) is 73.2 Å². The van der Waals surface area contributed by atoms with Gasteiger partial charge in [-0.3, -0.25) is 60.2 Å². The van der Waals surface area contributed by atoms with Crippen molar-refractivity contribution in [3.63, 3.8) is 0 Å². The Morgan fingerprint density at radius 3 is 1.21 bits per heavy atom. The number of rotatable bonds is 18. The molecular weight excluding hydrogens is 1850 g/mol. The molecule has 48 nitrogen and oxygen atoms in total. The summed E-state index contributed by atoms with van der Waals surface area (Å²) < 4.78 is 140. The lowest BCUT2D eigenvalue weighted by molar-refractivity contribution is -0.209. The van der Waals surface area contributed by atoms with Crippen molar-refractivity contribution < 1.29 is 92.6 Å². The number of benzene rings is 2. The number of anilines is 4. The van der Waals surface area contributed by atoms with E-state index in [1.165, 1.54) is 64.7 Å². The van der Waals surface area contributed by atoms with Crippen LogP contribution in [-0.4, -0.2) is 228 Å². The van der Waals surface area contributed by atoms with E-state index in [1.54, 1.807) is 85.9 Å². The van der Waals surface area contributed by atoms with E-state index in [9.17, 15) is 33.8 Å². The largest absolute Gasteiger partial charge is 0.766 e. The summed E-state index contributed by atoms with van der Waals surface area (Å²) in [5.41, 5.74) is 24.1. The van der Waals surface area contributed by atoms with Gasteiger partial charge >= 0.3 is 15.5 Å². The zero-order valence-electron chi connectivity index (χ0n) is 73.6. The first-order chi connectivity index (χ1) is 61.8. The maximum Gasteiger partial charge on any atom is 0.406 e. The van der Waals surface area contributed by atoms with E-state index in [4.69, 9.17) is 73.0 Å². The lowest BCUT2D eigenvalue weighted by Gasteiger charge is -2.42. The summed E-state index contributed by atoms with van der Waals surface area (Å²) in [6.07, 6.45) is 0.297. The molecule has 14 N–H and O–H groups in total. The smallest absolute Gasteiger partial charge is 0.406 e. The van der Waals surface area contributed by atoms with Gasteiger partial charge in [0.05, 0.1) is 89.0 Å². The van der Waals surface area contributed by atoms with Crippen LogP contribution in [0.25, 0.3) is 49.5 Å². The van der Waals surface area contributed by atoms with Crippen LogP contribution in [0.2, 0.25) is 36.3 Å². The van der Waals surface area contributed by atoms with Crippen molar-refractivity contribution in [1.29, 1.82) is 5.26 Å². The summed E-state index contributed by atoms with van der Waals surface area (Å²) in [5.74, 6) is -1.49. The molecule has 14 heterocycles. The summed E-state index contributed by atoms with van der Waals surface area (Å²) >= 11 is 0. The number of aromatic nitrogens is 16. The van der Waals surface area contributed by atoms with Crippen LogP contribution >= 0.6 is 31.0 Å². The van der Waals surface area contributed by atoms with E-state index in [0.29, 0.717) is 39.1 Å². The predicted molar refractivity (Wildman–Crippen MR) is 500 cm³/mol. The fourth-order valence-corrected chi connectivity index (χ4v) is 23.1. The molecule has 16 rings (SSSR count). The Morgan fingerprint density at radius 1 is 0.500 bits per heavy atom. The Hall–Kier alpha value is -9.29. The molecule has 8 aromatic heterocycles. The van der Waals surface area contributed by atoms with Gasteiger partial charge in [-0.1, -0.05) is 121 Å². The summed E-state index contributed by atoms with van der Waals surface area (Å²) in [7, 11) is -21.2. The minimum absolute atomic E-state index is 0. The molecule has 0 aliphatic carbocycles. The molecule has 0 saturated carbocycles. The molecule has 10 aromatic rings. The van der Waals surface area contributed by atoms with Crippen molar-refractivity contribution >= 4 is 127 Å². The highest BCUT2D eigenvalue weighted by Crippen LogP contribution is 2.56. The third-order valence-corrected chi connectivity index (χ3v) is 38.0. The number of nitrogens with two attached hydrogens (primary N) is 4. The fourth-order valence-electron chi connectivity index (χ4n) is 15.0. The Morgan fingerprint density at radius 2 is 0.821 bits per heavy atom. The number of nitrogens with one attached hydrogen (secondary N) is 6. The molecule has 20 atom stereocenters. The molecule has 6 aliphatic heterocycles. The summed E-state index contributed by atoms with van der Waals surface area (Å²) in [5, 5.41) is 25.9. The molecule has 732 valence electrons. The minimum Gasteiger partial charge on any atom is -0.766 e. The van der Waals surface area contributed by atoms with Crippen molar-refractivity contribution in [2.45, 2.75) is 213 Å². The third-order valence-electron chi connectivity index (χ3n) is 23.6. The van der Waals surface area contributed by atoms with Crippen molar-refractivity contribution in [3.8, 4) is 6.07 Å². The maximum atomic E-state index is 15.4. The fraction of sp³-hybridized carbons (Fsp3) is 0.550. The maximum absolute atomic E-state index is 15.4. The molecule has 4 unspecified atom stereocenters. The molecule has 2 amide bonds. The standard InChI is InChI=1S/C47H56N14O11P2Si.C27H42N12O9P2Si.2CH5N.4CH4/c1-29-34-32(70-45(29)60-27-54-36-39(50-25-52-41(36)60)56-43(62)30-15-10-8-11-16-30)23-68-74(65,66-21-14-19-48)59-35-33(24-69-73(64,58-34)67-22-20-49-5)71-46(38(35)72-75(6,7)47(2,3)4)61-28-55-37-40(51-26-53-42(37)61)57-44(63)31-17-12-9-13-18-31;1-13-16-14(46-25(13)38-11-34-18-21(28)30-9-32-23(18)38)7-44-50(42,43)37-17-15(8-45-49(40,41)36-16)47-26(20(17)48-51(5,6)27(2,3)4)39-12-35-19-22(29)31-10-33-24(19)39;2*1-2;;;;/h8-13,15-18,25-29,32-35,38,45-46H,14,20-24H2,1-4,6-7H3,(H,58,64)(H,59,65)(H,50,52,56,62)(H,51,53,57,63);9-17,20,25-26H,7-8H2,1-6H3,(H2,28,30,32)(H2,29,31,33)(H2,36,40,41)(H2,37,42,43);2*2H2,1H3;4*1H4/p-2/t29-,32-,33-,34+,35-,38-,45-,46-,73?,74?;13-,14-,15-,16+,17-,20-,25-,26-;;;;;;/m11....../s1. The lowest BCUT2D eigenvalue weighted by atomic mass is 10.00. The summed E-state index contributed by atoms with van der Waals surface area (Å²) in [4.78, 5) is 109. The Bertz CT molecular complexity index is 5970. The van der Waals surface area contributed by atoms with Gasteiger partial charge in [0.15, 0.2) is 86.0 Å². The molecule has 0 spiro atoms. The number of hydrogen-bond donors (Lipinski definition) is 10. The van der Waals surface area contributed by atoms with E-state index in [-0.39, 0.29) is 106 Å². The quantitative estimate of drug-likeness (QED) is 0.0165. The van der Waals surface area contributed by atoms with Crippen LogP contribution in [0.4, 0.5) is 23.3 Å². The highest BCUT2D eigenvalue weighted by Gasteiger charge is 2.58. The number of carbonyl (C=O) groups excluding carboxylic acids is 2. The molecule has 0 bridgehead atoms. The first-order valence-corrected chi connectivity index (χ1v) is 53.3. The molecule has 54 heteroatoms. The van der Waals surface area contributed by atoms with Gasteiger partial charge in [0, 0.05) is 29.0 Å². The lowest BCUT2D eigenvalue weighted by Crippen LogP contribution is -2.53. The zero-order chi connectivity index (χ0) is 93.8. The topological polar surface area (TPSA) is 638 Å². The first-order valence-electron chi connectivity index (χ1n) is 41.3. The molecule has 6 saturated heterocycles. The molecule has 6 fully saturated rings. The van der Waals surface area contributed by atoms with E-state index >= 15 is 9.13 Å². The second-order valence-corrected chi connectivity index (χ2v) is 49.9. The van der Waals surface area contributed by atoms with Gasteiger partial charge in [-0.2, -0.15) is 5.26 Å². The Balaban J connectivity index is 0.000000299. The summed E-state index contributed by atoms with van der Waals surface area (Å²) in [6.45, 7) is 28.5. The van der Waals surface area contributed by atoms with Gasteiger partial charge in [0.2, 0.25) is 22.0 Å². The number of ether oxygens (including phenoxy) is 4. The Kier molecular flexibility index (Phi) is 36.0. The van der Waals surface area contributed by atoms with Gasteiger partial charge in [-0.15, -0.1) is 0 Å². The van der Waals surface area contributed by atoms with Crippen molar-refractivity contribution in [3.05, 3.63) is 134 Å². The van der Waals surface area contributed by atoms with Crippen molar-refractivity contribution in [2.75, 3.05) is 82.4 Å². The second kappa shape index (κ2) is 44.5. The van der Waals surface area contributed by atoms with E-state index in [1.807, 2.05) is 60.0 Å². The van der Waals surface area contributed by atoms with E-state index < -0.39 is 183 Å². The molecule has 6 aliphatic rings. The van der Waals surface area contributed by atoms with Crippen LogP contribution in [0.1, 0.15) is 137 Å².